The smallest absolute Gasteiger partial charge is 0.164 e. The Kier molecular flexibility index (Phi) is 2.84. The Morgan fingerprint density at radius 3 is 2.73 bits per heavy atom. The number of nitrogens with zero attached hydrogens (tertiary/aromatic N) is 2. The standard InChI is InChI=1S/C11H11FN2O/c12-11-9(8-13)2-1-3-10(11)14-4-6-15-7-5-14/h1-3H,4-7H2. The van der Waals surface area contributed by atoms with E-state index in [9.17, 15) is 4.39 Å². The van der Waals surface area contributed by atoms with Crippen molar-refractivity contribution in [2.24, 2.45) is 0 Å². The fourth-order valence-electron chi connectivity index (χ4n) is 1.65. The molecule has 0 atom stereocenters. The van der Waals surface area contributed by atoms with Gasteiger partial charge in [0.15, 0.2) is 5.82 Å². The summed E-state index contributed by atoms with van der Waals surface area (Å²) in [6.07, 6.45) is 0. The quantitative estimate of drug-likeness (QED) is 0.699. The highest BCUT2D eigenvalue weighted by Gasteiger charge is 2.16. The molecule has 3 nitrogen and oxygen atoms in total. The second-order valence-electron chi connectivity index (χ2n) is 3.35. The average molecular weight is 206 g/mol. The van der Waals surface area contributed by atoms with Crippen LogP contribution < -0.4 is 4.90 Å². The maximum absolute atomic E-state index is 13.8. The maximum atomic E-state index is 13.8. The molecular formula is C11H11FN2O. The van der Waals surface area contributed by atoms with Gasteiger partial charge in [0.1, 0.15) is 6.07 Å². The van der Waals surface area contributed by atoms with Crippen LogP contribution in [-0.4, -0.2) is 26.3 Å². The van der Waals surface area contributed by atoms with Gasteiger partial charge in [0.2, 0.25) is 0 Å². The van der Waals surface area contributed by atoms with Gasteiger partial charge in [-0.1, -0.05) is 6.07 Å². The lowest BCUT2D eigenvalue weighted by atomic mass is 10.2. The average Bonchev–Trinajstić information content (AvgIpc) is 2.30. The van der Waals surface area contributed by atoms with Gasteiger partial charge in [0, 0.05) is 13.1 Å². The molecule has 1 heterocycles. The van der Waals surface area contributed by atoms with Gasteiger partial charge >= 0.3 is 0 Å². The Hall–Kier alpha value is -1.60. The summed E-state index contributed by atoms with van der Waals surface area (Å²) in [5.74, 6) is -0.429. The van der Waals surface area contributed by atoms with Crippen molar-refractivity contribution in [2.45, 2.75) is 0 Å². The molecule has 4 heteroatoms. The normalized spacial score (nSPS) is 16.1. The molecule has 0 aromatic heterocycles. The van der Waals surface area contributed by atoms with Crippen LogP contribution in [0.5, 0.6) is 0 Å². The molecule has 1 aliphatic rings. The summed E-state index contributed by atoms with van der Waals surface area (Å²) >= 11 is 0. The van der Waals surface area contributed by atoms with Gasteiger partial charge in [-0.05, 0) is 12.1 Å². The molecule has 1 aliphatic heterocycles. The molecule has 0 radical (unpaired) electrons. The predicted octanol–water partition coefficient (Wildman–Crippen LogP) is 1.53. The van der Waals surface area contributed by atoms with E-state index in [1.165, 1.54) is 6.07 Å². The maximum Gasteiger partial charge on any atom is 0.164 e. The van der Waals surface area contributed by atoms with Crippen LogP contribution in [0.2, 0.25) is 0 Å². The molecule has 1 fully saturated rings. The topological polar surface area (TPSA) is 36.3 Å². The van der Waals surface area contributed by atoms with Crippen molar-refractivity contribution in [3.8, 4) is 6.07 Å². The monoisotopic (exact) mass is 206 g/mol. The minimum atomic E-state index is -0.429. The summed E-state index contributed by atoms with van der Waals surface area (Å²) in [5, 5.41) is 8.71. The first-order valence-corrected chi connectivity index (χ1v) is 4.84. The van der Waals surface area contributed by atoms with Crippen LogP contribution in [0.1, 0.15) is 5.56 Å². The number of rotatable bonds is 1. The minimum absolute atomic E-state index is 0.0963. The Morgan fingerprint density at radius 1 is 1.33 bits per heavy atom. The molecule has 0 saturated carbocycles. The van der Waals surface area contributed by atoms with Crippen molar-refractivity contribution in [3.63, 3.8) is 0 Å². The second-order valence-corrected chi connectivity index (χ2v) is 3.35. The van der Waals surface area contributed by atoms with Gasteiger partial charge in [-0.2, -0.15) is 5.26 Å². The summed E-state index contributed by atoms with van der Waals surface area (Å²) in [7, 11) is 0. The number of ether oxygens (including phenoxy) is 1. The van der Waals surface area contributed by atoms with E-state index in [-0.39, 0.29) is 5.56 Å². The van der Waals surface area contributed by atoms with Crippen LogP contribution >= 0.6 is 0 Å². The summed E-state index contributed by atoms with van der Waals surface area (Å²) in [6, 6.07) is 6.72. The molecule has 1 saturated heterocycles. The van der Waals surface area contributed by atoms with Gasteiger partial charge in [-0.15, -0.1) is 0 Å². The largest absolute Gasteiger partial charge is 0.378 e. The van der Waals surface area contributed by atoms with E-state index in [2.05, 4.69) is 0 Å². The zero-order valence-corrected chi connectivity index (χ0v) is 8.24. The van der Waals surface area contributed by atoms with Crippen LogP contribution in [0.25, 0.3) is 0 Å². The third-order valence-electron chi connectivity index (χ3n) is 2.45. The van der Waals surface area contributed by atoms with Gasteiger partial charge in [-0.3, -0.25) is 0 Å². The lowest BCUT2D eigenvalue weighted by molar-refractivity contribution is 0.122. The van der Waals surface area contributed by atoms with Crippen molar-refractivity contribution in [3.05, 3.63) is 29.6 Å². The Morgan fingerprint density at radius 2 is 2.07 bits per heavy atom. The first kappa shape index (κ1) is 9.94. The molecule has 78 valence electrons. The Labute approximate surface area is 87.7 Å². The number of morpholine rings is 1. The number of anilines is 1. The number of benzene rings is 1. The summed E-state index contributed by atoms with van der Waals surface area (Å²) in [4.78, 5) is 1.90. The van der Waals surface area contributed by atoms with Gasteiger partial charge < -0.3 is 9.64 Å². The first-order chi connectivity index (χ1) is 7.33. The fraction of sp³-hybridized carbons (Fsp3) is 0.364. The fourth-order valence-corrected chi connectivity index (χ4v) is 1.65. The van der Waals surface area contributed by atoms with Crippen LogP contribution in [-0.2, 0) is 4.74 Å². The first-order valence-electron chi connectivity index (χ1n) is 4.84. The predicted molar refractivity (Wildman–Crippen MR) is 54.1 cm³/mol. The third kappa shape index (κ3) is 1.92. The van der Waals surface area contributed by atoms with Crippen LogP contribution in [0.3, 0.4) is 0 Å². The molecular weight excluding hydrogens is 195 g/mol. The number of hydrogen-bond acceptors (Lipinski definition) is 3. The third-order valence-corrected chi connectivity index (χ3v) is 2.45. The zero-order chi connectivity index (χ0) is 10.7. The van der Waals surface area contributed by atoms with Gasteiger partial charge in [0.25, 0.3) is 0 Å². The lowest BCUT2D eigenvalue weighted by Crippen LogP contribution is -2.36. The summed E-state index contributed by atoms with van der Waals surface area (Å²) in [6.45, 7) is 2.56. The minimum Gasteiger partial charge on any atom is -0.378 e. The van der Waals surface area contributed by atoms with Crippen molar-refractivity contribution in [1.82, 2.24) is 0 Å². The summed E-state index contributed by atoms with van der Waals surface area (Å²) < 4.78 is 18.9. The van der Waals surface area contributed by atoms with Gasteiger partial charge in [-0.25, -0.2) is 4.39 Å². The van der Waals surface area contributed by atoms with Crippen LogP contribution in [0.4, 0.5) is 10.1 Å². The molecule has 0 spiro atoms. The van der Waals surface area contributed by atoms with Crippen LogP contribution in [0, 0.1) is 17.1 Å². The molecule has 1 aromatic rings. The number of nitriles is 1. The van der Waals surface area contributed by atoms with E-state index >= 15 is 0 Å². The number of hydrogen-bond donors (Lipinski definition) is 0. The second kappa shape index (κ2) is 4.28. The molecule has 0 unspecified atom stereocenters. The van der Waals surface area contributed by atoms with Crippen molar-refractivity contribution >= 4 is 5.69 Å². The molecule has 0 amide bonds. The van der Waals surface area contributed by atoms with Crippen molar-refractivity contribution < 1.29 is 9.13 Å². The summed E-state index contributed by atoms with van der Waals surface area (Å²) in [5.41, 5.74) is 0.594. The molecule has 15 heavy (non-hydrogen) atoms. The van der Waals surface area contributed by atoms with E-state index in [0.29, 0.717) is 32.0 Å². The molecule has 0 N–H and O–H groups in total. The molecule has 0 bridgehead atoms. The van der Waals surface area contributed by atoms with E-state index in [0.717, 1.165) is 0 Å². The molecule has 2 rings (SSSR count). The SMILES string of the molecule is N#Cc1cccc(N2CCOCC2)c1F. The van der Waals surface area contributed by atoms with Gasteiger partial charge in [0.05, 0.1) is 24.5 Å². The van der Waals surface area contributed by atoms with E-state index in [4.69, 9.17) is 10.00 Å². The Balaban J connectivity index is 2.31. The highest BCUT2D eigenvalue weighted by atomic mass is 19.1. The lowest BCUT2D eigenvalue weighted by Gasteiger charge is -2.29. The Bertz CT molecular complexity index is 394. The zero-order valence-electron chi connectivity index (χ0n) is 8.24. The number of halogens is 1. The van der Waals surface area contributed by atoms with E-state index < -0.39 is 5.82 Å². The molecule has 1 aromatic carbocycles. The highest BCUT2D eigenvalue weighted by Crippen LogP contribution is 2.22. The highest BCUT2D eigenvalue weighted by molar-refractivity contribution is 5.53. The van der Waals surface area contributed by atoms with Crippen molar-refractivity contribution in [2.75, 3.05) is 31.2 Å². The van der Waals surface area contributed by atoms with Crippen LogP contribution in [0.15, 0.2) is 18.2 Å². The van der Waals surface area contributed by atoms with E-state index in [1.807, 2.05) is 11.0 Å². The molecule has 0 aliphatic carbocycles. The van der Waals surface area contributed by atoms with Crippen molar-refractivity contribution in [1.29, 1.82) is 5.26 Å². The van der Waals surface area contributed by atoms with E-state index in [1.54, 1.807) is 12.1 Å².